The van der Waals surface area contributed by atoms with E-state index in [0.29, 0.717) is 6.42 Å². The summed E-state index contributed by atoms with van der Waals surface area (Å²) in [6.45, 7) is 6.46. The Balaban J connectivity index is 0.000000272. The number of benzene rings is 2. The second kappa shape index (κ2) is 15.5. The Labute approximate surface area is 231 Å². The number of carbonyl (C=O) groups is 1. The lowest BCUT2D eigenvalue weighted by atomic mass is 10.0. The van der Waals surface area contributed by atoms with Crippen molar-refractivity contribution in [1.29, 1.82) is 0 Å². The number of nitrogens with zero attached hydrogens (tertiary/aromatic N) is 2. The zero-order chi connectivity index (χ0) is 28.1. The molecule has 1 N–H and O–H groups in total. The fourth-order valence-electron chi connectivity index (χ4n) is 4.32. The number of carboxylic acids is 1. The smallest absolute Gasteiger partial charge is 0.303 e. The van der Waals surface area contributed by atoms with Gasteiger partial charge in [-0.1, -0.05) is 54.1 Å². The van der Waals surface area contributed by atoms with Gasteiger partial charge in [-0.15, -0.1) is 0 Å². The number of piperidine rings is 1. The maximum atomic E-state index is 11.3. The van der Waals surface area contributed by atoms with E-state index in [4.69, 9.17) is 9.84 Å². The third-order valence-electron chi connectivity index (χ3n) is 6.37. The quantitative estimate of drug-likeness (QED) is 0.321. The summed E-state index contributed by atoms with van der Waals surface area (Å²) >= 11 is 0. The normalized spacial score (nSPS) is 15.2. The van der Waals surface area contributed by atoms with Gasteiger partial charge < -0.3 is 14.7 Å². The monoisotopic (exact) mass is 554 g/mol. The average Bonchev–Trinajstić information content (AvgIpc) is 2.94. The molecule has 1 saturated heterocycles. The molecule has 210 valence electrons. The highest BCUT2D eigenvalue weighted by Gasteiger charge is 2.25. The van der Waals surface area contributed by atoms with Gasteiger partial charge in [0.2, 0.25) is 0 Å². The highest BCUT2D eigenvalue weighted by atomic mass is 32.2. The van der Waals surface area contributed by atoms with Crippen molar-refractivity contribution in [3.63, 3.8) is 0 Å². The zero-order valence-electron chi connectivity index (χ0n) is 22.6. The Morgan fingerprint density at radius 3 is 2.28 bits per heavy atom. The first-order valence-electron chi connectivity index (χ1n) is 13.3. The molecule has 0 bridgehead atoms. The van der Waals surface area contributed by atoms with Gasteiger partial charge in [-0.05, 0) is 69.5 Å². The SMILES string of the molecule is CCOS(=O)(=O)c1ccc(C)cc1.O=C(O)CCCN1CCC(OC(c2ccccc2)c2ccccn2)CC1. The van der Waals surface area contributed by atoms with Gasteiger partial charge in [-0.3, -0.25) is 14.0 Å². The molecule has 2 heterocycles. The van der Waals surface area contributed by atoms with Crippen molar-refractivity contribution in [3.05, 3.63) is 95.8 Å². The van der Waals surface area contributed by atoms with E-state index in [1.54, 1.807) is 37.4 Å². The number of rotatable bonds is 11. The van der Waals surface area contributed by atoms with Crippen molar-refractivity contribution in [2.45, 2.75) is 56.6 Å². The molecule has 0 amide bonds. The minimum absolute atomic E-state index is 0.152. The van der Waals surface area contributed by atoms with Crippen LogP contribution < -0.4 is 0 Å². The van der Waals surface area contributed by atoms with Crippen molar-refractivity contribution in [2.75, 3.05) is 26.2 Å². The molecule has 0 aliphatic carbocycles. The molecule has 4 rings (SSSR count). The van der Waals surface area contributed by atoms with Crippen LogP contribution in [0.2, 0.25) is 0 Å². The van der Waals surface area contributed by atoms with Crippen LogP contribution in [-0.4, -0.2) is 61.7 Å². The molecule has 39 heavy (non-hydrogen) atoms. The van der Waals surface area contributed by atoms with Crippen LogP contribution >= 0.6 is 0 Å². The summed E-state index contributed by atoms with van der Waals surface area (Å²) in [5.74, 6) is -0.718. The number of hydrogen-bond donors (Lipinski definition) is 1. The molecular formula is C30H38N2O6S. The predicted octanol–water partition coefficient (Wildman–Crippen LogP) is 5.24. The average molecular weight is 555 g/mol. The second-order valence-electron chi connectivity index (χ2n) is 9.39. The van der Waals surface area contributed by atoms with Gasteiger partial charge in [0.15, 0.2) is 0 Å². The summed E-state index contributed by atoms with van der Waals surface area (Å²) in [5, 5.41) is 8.76. The van der Waals surface area contributed by atoms with Crippen LogP contribution in [0.15, 0.2) is 83.9 Å². The van der Waals surface area contributed by atoms with Gasteiger partial charge in [-0.2, -0.15) is 8.42 Å². The molecule has 1 atom stereocenters. The highest BCUT2D eigenvalue weighted by molar-refractivity contribution is 7.86. The fraction of sp³-hybridized carbons (Fsp3) is 0.400. The number of aliphatic carboxylic acids is 1. The molecule has 1 aromatic heterocycles. The Kier molecular flexibility index (Phi) is 12.1. The molecule has 1 aliphatic rings. The van der Waals surface area contributed by atoms with Gasteiger partial charge in [0.05, 0.1) is 23.3 Å². The number of aryl methyl sites for hydroxylation is 1. The van der Waals surface area contributed by atoms with E-state index in [0.717, 1.165) is 49.3 Å². The van der Waals surface area contributed by atoms with Crippen LogP contribution in [0.3, 0.4) is 0 Å². The Hall–Kier alpha value is -3.11. The Morgan fingerprint density at radius 1 is 1.03 bits per heavy atom. The molecule has 9 heteroatoms. The summed E-state index contributed by atoms with van der Waals surface area (Å²) in [5.41, 5.74) is 3.08. The fourth-order valence-corrected chi connectivity index (χ4v) is 5.24. The van der Waals surface area contributed by atoms with Crippen LogP contribution in [0, 0.1) is 6.92 Å². The summed E-state index contributed by atoms with van der Waals surface area (Å²) < 4.78 is 33.7. The van der Waals surface area contributed by atoms with E-state index >= 15 is 0 Å². The number of hydrogen-bond acceptors (Lipinski definition) is 7. The molecule has 0 radical (unpaired) electrons. The molecule has 0 spiro atoms. The number of aromatic nitrogens is 1. The van der Waals surface area contributed by atoms with Crippen LogP contribution in [0.5, 0.6) is 0 Å². The lowest BCUT2D eigenvalue weighted by Crippen LogP contribution is -2.38. The molecule has 3 aromatic rings. The lowest BCUT2D eigenvalue weighted by Gasteiger charge is -2.34. The Bertz CT molecular complexity index is 1190. The van der Waals surface area contributed by atoms with Crippen molar-refractivity contribution in [3.8, 4) is 0 Å². The van der Waals surface area contributed by atoms with Crippen LogP contribution in [0.4, 0.5) is 0 Å². The van der Waals surface area contributed by atoms with E-state index in [1.807, 2.05) is 43.3 Å². The first-order valence-corrected chi connectivity index (χ1v) is 14.7. The summed E-state index contributed by atoms with van der Waals surface area (Å²) in [7, 11) is -3.53. The summed E-state index contributed by atoms with van der Waals surface area (Å²) in [4.78, 5) is 17.7. The highest BCUT2D eigenvalue weighted by Crippen LogP contribution is 2.28. The second-order valence-corrected chi connectivity index (χ2v) is 11.0. The van der Waals surface area contributed by atoms with Crippen molar-refractivity contribution in [2.24, 2.45) is 0 Å². The van der Waals surface area contributed by atoms with Gasteiger partial charge in [0, 0.05) is 25.7 Å². The molecule has 1 aliphatic heterocycles. The molecule has 0 saturated carbocycles. The minimum Gasteiger partial charge on any atom is -0.481 e. The number of likely N-dealkylation sites (tertiary alicyclic amines) is 1. The van der Waals surface area contributed by atoms with Crippen LogP contribution in [-0.2, 0) is 23.8 Å². The van der Waals surface area contributed by atoms with E-state index in [-0.39, 0.29) is 30.1 Å². The maximum absolute atomic E-state index is 11.3. The predicted molar refractivity (Wildman–Crippen MR) is 150 cm³/mol. The summed E-state index contributed by atoms with van der Waals surface area (Å²) in [6, 6.07) is 22.7. The van der Waals surface area contributed by atoms with Crippen molar-refractivity contribution in [1.82, 2.24) is 9.88 Å². The first-order chi connectivity index (χ1) is 18.8. The van der Waals surface area contributed by atoms with Gasteiger partial charge >= 0.3 is 5.97 Å². The standard InChI is InChI=1S/C21H26N2O3.C9H12O3S/c24-20(25)10-6-14-23-15-11-18(12-16-23)26-21(17-7-2-1-3-8-17)19-9-4-5-13-22-19;1-3-12-13(10,11)9-6-4-8(2)5-7-9/h1-5,7-9,13,18,21H,6,10-12,14-16H2,(H,24,25);4-7H,3H2,1-2H3. The first kappa shape index (κ1) is 30.4. The van der Waals surface area contributed by atoms with Crippen molar-refractivity contribution < 1.29 is 27.2 Å². The minimum atomic E-state index is -3.53. The third-order valence-corrected chi connectivity index (χ3v) is 7.77. The number of pyridine rings is 1. The molecule has 1 fully saturated rings. The van der Waals surface area contributed by atoms with E-state index < -0.39 is 16.1 Å². The third kappa shape index (κ3) is 10.2. The molecular weight excluding hydrogens is 516 g/mol. The molecule has 2 aromatic carbocycles. The van der Waals surface area contributed by atoms with Gasteiger partial charge in [0.25, 0.3) is 10.1 Å². The number of carboxylic acid groups (broad SMARTS) is 1. The van der Waals surface area contributed by atoms with Crippen LogP contribution in [0.1, 0.15) is 55.5 Å². The zero-order valence-corrected chi connectivity index (χ0v) is 23.4. The Morgan fingerprint density at radius 2 is 1.69 bits per heavy atom. The molecule has 8 nitrogen and oxygen atoms in total. The maximum Gasteiger partial charge on any atom is 0.303 e. The summed E-state index contributed by atoms with van der Waals surface area (Å²) in [6.07, 6.45) is 4.72. The van der Waals surface area contributed by atoms with Crippen LogP contribution in [0.25, 0.3) is 0 Å². The topological polar surface area (TPSA) is 106 Å². The van der Waals surface area contributed by atoms with E-state index in [2.05, 4.69) is 26.2 Å². The lowest BCUT2D eigenvalue weighted by molar-refractivity contribution is -0.137. The molecule has 1 unspecified atom stereocenters. The number of ether oxygens (including phenoxy) is 1. The largest absolute Gasteiger partial charge is 0.481 e. The van der Waals surface area contributed by atoms with Gasteiger partial charge in [0.1, 0.15) is 6.10 Å². The van der Waals surface area contributed by atoms with E-state index in [9.17, 15) is 13.2 Å². The van der Waals surface area contributed by atoms with Gasteiger partial charge in [-0.25, -0.2) is 0 Å². The van der Waals surface area contributed by atoms with E-state index in [1.165, 1.54) is 0 Å². The van der Waals surface area contributed by atoms with Crippen molar-refractivity contribution >= 4 is 16.1 Å².